The van der Waals surface area contributed by atoms with Crippen molar-refractivity contribution in [2.45, 2.75) is 64.5 Å². The van der Waals surface area contributed by atoms with Crippen LogP contribution in [0.15, 0.2) is 24.4 Å². The van der Waals surface area contributed by atoms with Gasteiger partial charge in [0, 0.05) is 32.3 Å². The summed E-state index contributed by atoms with van der Waals surface area (Å²) in [6.45, 7) is 7.23. The SMILES string of the molecule is CCN1CCCCC1C(=O)N1CCC2(CCC(=O)N(Cc3ccccn3)C2)CC1. The molecule has 1 spiro atoms. The van der Waals surface area contributed by atoms with Crippen LogP contribution in [0.1, 0.15) is 57.6 Å². The number of likely N-dealkylation sites (tertiary alicyclic amines) is 3. The number of carbonyl (C=O) groups is 2. The maximum absolute atomic E-state index is 13.2. The zero-order chi connectivity index (χ0) is 20.3. The number of amides is 2. The first kappa shape index (κ1) is 20.3. The van der Waals surface area contributed by atoms with Gasteiger partial charge in [-0.3, -0.25) is 19.5 Å². The molecule has 4 heterocycles. The third kappa shape index (κ3) is 4.47. The van der Waals surface area contributed by atoms with Gasteiger partial charge < -0.3 is 9.80 Å². The minimum Gasteiger partial charge on any atom is -0.341 e. The molecule has 0 saturated carbocycles. The molecule has 0 bridgehead atoms. The normalized spacial score (nSPS) is 25.4. The van der Waals surface area contributed by atoms with Gasteiger partial charge in [0.05, 0.1) is 18.3 Å². The molecule has 6 heteroatoms. The number of hydrogen-bond acceptors (Lipinski definition) is 4. The number of pyridine rings is 1. The van der Waals surface area contributed by atoms with Crippen molar-refractivity contribution in [3.8, 4) is 0 Å². The molecule has 2 amide bonds. The zero-order valence-corrected chi connectivity index (χ0v) is 17.7. The molecule has 3 saturated heterocycles. The highest BCUT2D eigenvalue weighted by molar-refractivity contribution is 5.82. The highest BCUT2D eigenvalue weighted by atomic mass is 16.2. The molecule has 3 fully saturated rings. The van der Waals surface area contributed by atoms with Gasteiger partial charge in [-0.25, -0.2) is 0 Å². The summed E-state index contributed by atoms with van der Waals surface area (Å²) < 4.78 is 0. The molecule has 1 aromatic heterocycles. The largest absolute Gasteiger partial charge is 0.341 e. The monoisotopic (exact) mass is 398 g/mol. The Labute approximate surface area is 174 Å². The van der Waals surface area contributed by atoms with Crippen molar-refractivity contribution in [1.82, 2.24) is 19.7 Å². The Morgan fingerprint density at radius 3 is 2.72 bits per heavy atom. The lowest BCUT2D eigenvalue weighted by Gasteiger charge is -2.48. The van der Waals surface area contributed by atoms with E-state index in [1.165, 1.54) is 6.42 Å². The van der Waals surface area contributed by atoms with E-state index < -0.39 is 0 Å². The molecule has 0 aromatic carbocycles. The molecule has 1 aromatic rings. The molecule has 3 aliphatic rings. The van der Waals surface area contributed by atoms with Crippen LogP contribution < -0.4 is 0 Å². The van der Waals surface area contributed by atoms with Crippen LogP contribution in [0.3, 0.4) is 0 Å². The van der Waals surface area contributed by atoms with Crippen molar-refractivity contribution in [3.05, 3.63) is 30.1 Å². The predicted octanol–water partition coefficient (Wildman–Crippen LogP) is 2.69. The Morgan fingerprint density at radius 1 is 1.17 bits per heavy atom. The Bertz CT molecular complexity index is 715. The number of piperidine rings is 3. The second kappa shape index (κ2) is 8.82. The molecule has 0 aliphatic carbocycles. The van der Waals surface area contributed by atoms with Crippen molar-refractivity contribution in [2.24, 2.45) is 5.41 Å². The van der Waals surface area contributed by atoms with Crippen molar-refractivity contribution in [2.75, 3.05) is 32.7 Å². The van der Waals surface area contributed by atoms with Gasteiger partial charge in [-0.15, -0.1) is 0 Å². The van der Waals surface area contributed by atoms with Crippen molar-refractivity contribution >= 4 is 11.8 Å². The first-order valence-corrected chi connectivity index (χ1v) is 11.3. The third-order valence-electron chi connectivity index (χ3n) is 7.27. The summed E-state index contributed by atoms with van der Waals surface area (Å²) in [4.78, 5) is 36.5. The van der Waals surface area contributed by atoms with Crippen molar-refractivity contribution in [3.63, 3.8) is 0 Å². The Morgan fingerprint density at radius 2 is 2.00 bits per heavy atom. The number of nitrogens with zero attached hydrogens (tertiary/aromatic N) is 4. The highest BCUT2D eigenvalue weighted by Gasteiger charge is 2.43. The summed E-state index contributed by atoms with van der Waals surface area (Å²) in [6.07, 6.45) is 8.74. The minimum absolute atomic E-state index is 0.0800. The second-order valence-corrected chi connectivity index (χ2v) is 9.04. The maximum atomic E-state index is 13.2. The first-order chi connectivity index (χ1) is 14.1. The van der Waals surface area contributed by atoms with E-state index in [1.54, 1.807) is 6.20 Å². The molecular weight excluding hydrogens is 364 g/mol. The summed E-state index contributed by atoms with van der Waals surface area (Å²) in [7, 11) is 0. The van der Waals surface area contributed by atoms with Gasteiger partial charge in [0.2, 0.25) is 11.8 Å². The van der Waals surface area contributed by atoms with Crippen LogP contribution >= 0.6 is 0 Å². The van der Waals surface area contributed by atoms with Crippen LogP contribution in [0.25, 0.3) is 0 Å². The van der Waals surface area contributed by atoms with Crippen molar-refractivity contribution in [1.29, 1.82) is 0 Å². The number of hydrogen-bond donors (Lipinski definition) is 0. The van der Waals surface area contributed by atoms with Crippen LogP contribution in [0, 0.1) is 5.41 Å². The van der Waals surface area contributed by atoms with E-state index in [1.807, 2.05) is 23.1 Å². The van der Waals surface area contributed by atoms with Crippen LogP contribution in [-0.4, -0.2) is 70.3 Å². The molecule has 158 valence electrons. The lowest BCUT2D eigenvalue weighted by Crippen LogP contribution is -2.56. The van der Waals surface area contributed by atoms with E-state index in [0.29, 0.717) is 18.9 Å². The van der Waals surface area contributed by atoms with Crippen molar-refractivity contribution < 1.29 is 9.59 Å². The summed E-state index contributed by atoms with van der Waals surface area (Å²) in [5.74, 6) is 0.569. The van der Waals surface area contributed by atoms with E-state index in [0.717, 1.165) is 70.5 Å². The lowest BCUT2D eigenvalue weighted by molar-refractivity contribution is -0.146. The summed E-state index contributed by atoms with van der Waals surface area (Å²) in [6, 6.07) is 5.94. The molecule has 0 N–H and O–H groups in total. The number of aromatic nitrogens is 1. The Balaban J connectivity index is 1.36. The van der Waals surface area contributed by atoms with Gasteiger partial charge in [0.15, 0.2) is 0 Å². The zero-order valence-electron chi connectivity index (χ0n) is 17.7. The van der Waals surface area contributed by atoms with Crippen LogP contribution in [0.5, 0.6) is 0 Å². The average Bonchev–Trinajstić information content (AvgIpc) is 2.77. The molecule has 1 unspecified atom stereocenters. The molecule has 29 heavy (non-hydrogen) atoms. The molecule has 6 nitrogen and oxygen atoms in total. The standard InChI is InChI=1S/C23H34N4O2/c1-2-25-14-6-4-8-20(25)22(29)26-15-11-23(12-16-26)10-9-21(28)27(18-23)17-19-7-3-5-13-24-19/h3,5,7,13,20H,2,4,6,8-12,14-18H2,1H3. The number of likely N-dealkylation sites (N-methyl/N-ethyl adjacent to an activating group) is 1. The smallest absolute Gasteiger partial charge is 0.239 e. The number of carbonyl (C=O) groups excluding carboxylic acids is 2. The van der Waals surface area contributed by atoms with Gasteiger partial charge in [-0.2, -0.15) is 0 Å². The molecule has 3 aliphatic heterocycles. The highest BCUT2D eigenvalue weighted by Crippen LogP contribution is 2.41. The van der Waals surface area contributed by atoms with Crippen LogP contribution in [0.4, 0.5) is 0 Å². The molecule has 1 atom stereocenters. The third-order valence-corrected chi connectivity index (χ3v) is 7.27. The predicted molar refractivity (Wildman–Crippen MR) is 112 cm³/mol. The van der Waals surface area contributed by atoms with E-state index in [2.05, 4.69) is 21.7 Å². The fraction of sp³-hybridized carbons (Fsp3) is 0.696. The van der Waals surface area contributed by atoms with Gasteiger partial charge in [0.25, 0.3) is 0 Å². The Hall–Kier alpha value is -1.95. The van der Waals surface area contributed by atoms with Gasteiger partial charge in [-0.1, -0.05) is 19.4 Å². The van der Waals surface area contributed by atoms with E-state index in [9.17, 15) is 9.59 Å². The van der Waals surface area contributed by atoms with E-state index >= 15 is 0 Å². The van der Waals surface area contributed by atoms with Gasteiger partial charge >= 0.3 is 0 Å². The van der Waals surface area contributed by atoms with Crippen LogP contribution in [0.2, 0.25) is 0 Å². The summed E-state index contributed by atoms with van der Waals surface area (Å²) >= 11 is 0. The summed E-state index contributed by atoms with van der Waals surface area (Å²) in [5, 5.41) is 0. The quantitative estimate of drug-likeness (QED) is 0.783. The summed E-state index contributed by atoms with van der Waals surface area (Å²) in [5.41, 5.74) is 1.11. The molecule has 4 rings (SSSR count). The lowest BCUT2D eigenvalue weighted by atomic mass is 9.72. The van der Waals surface area contributed by atoms with E-state index in [4.69, 9.17) is 0 Å². The Kier molecular flexibility index (Phi) is 6.18. The second-order valence-electron chi connectivity index (χ2n) is 9.04. The van der Waals surface area contributed by atoms with Gasteiger partial charge in [-0.05, 0) is 62.7 Å². The first-order valence-electron chi connectivity index (χ1n) is 11.3. The van der Waals surface area contributed by atoms with Crippen LogP contribution in [-0.2, 0) is 16.1 Å². The minimum atomic E-state index is 0.0800. The topological polar surface area (TPSA) is 56.8 Å². The fourth-order valence-corrected chi connectivity index (χ4v) is 5.40. The average molecular weight is 399 g/mol. The maximum Gasteiger partial charge on any atom is 0.239 e. The van der Waals surface area contributed by atoms with E-state index in [-0.39, 0.29) is 17.4 Å². The fourth-order valence-electron chi connectivity index (χ4n) is 5.40. The molecular formula is C23H34N4O2. The van der Waals surface area contributed by atoms with Gasteiger partial charge in [0.1, 0.15) is 0 Å². The molecule has 0 radical (unpaired) electrons. The number of rotatable bonds is 4.